The third-order valence-corrected chi connectivity index (χ3v) is 4.64. The molecule has 0 spiro atoms. The molecule has 0 aliphatic heterocycles. The molecule has 0 aromatic rings. The number of aliphatic carboxylic acids is 2. The third kappa shape index (κ3) is 14.5. The lowest BCUT2D eigenvalue weighted by atomic mass is 10.1. The highest BCUT2D eigenvalue weighted by Crippen LogP contribution is 2.05. The van der Waals surface area contributed by atoms with E-state index >= 15 is 0 Å². The molecule has 5 amide bonds. The van der Waals surface area contributed by atoms with Gasteiger partial charge >= 0.3 is 11.9 Å². The first-order valence-electron chi connectivity index (χ1n) is 10.9. The van der Waals surface area contributed by atoms with Crippen LogP contribution in [-0.2, 0) is 33.6 Å². The number of carbonyl (C=O) groups is 7. The number of nitrogens with one attached hydrogen (secondary N) is 3. The van der Waals surface area contributed by atoms with E-state index in [0.29, 0.717) is 0 Å². The molecule has 0 aromatic heterocycles. The molecule has 37 heavy (non-hydrogen) atoms. The standard InChI is InChI=1S/C19H33N9O9/c20-8(6-14(31)32)15(33)26-10(3-4-12(21)29)17(35)27-9(2-1-5-25-19(23)24)16(34)28-11(18(36)37)7-13(22)30/h8-11H,1-7,20H2,(H2,21,29)(H2,22,30)(H,26,33)(H,27,35)(H,28,34)(H,31,32)(H,36,37)(H4,23,24,25). The van der Waals surface area contributed by atoms with Crippen LogP contribution >= 0.6 is 0 Å². The molecular weight excluding hydrogens is 498 g/mol. The number of carboxylic acid groups (broad SMARTS) is 2. The highest BCUT2D eigenvalue weighted by Gasteiger charge is 2.31. The maximum absolute atomic E-state index is 12.9. The van der Waals surface area contributed by atoms with Gasteiger partial charge in [0.15, 0.2) is 5.96 Å². The van der Waals surface area contributed by atoms with Crippen molar-refractivity contribution in [3.63, 3.8) is 0 Å². The fraction of sp³-hybridized carbons (Fsp3) is 0.579. The van der Waals surface area contributed by atoms with Crippen LogP contribution in [0, 0.1) is 0 Å². The topological polar surface area (TPSA) is 338 Å². The van der Waals surface area contributed by atoms with Crippen molar-refractivity contribution in [1.82, 2.24) is 16.0 Å². The number of amides is 5. The Balaban J connectivity index is 5.74. The van der Waals surface area contributed by atoms with Gasteiger partial charge in [-0.3, -0.25) is 33.8 Å². The van der Waals surface area contributed by atoms with E-state index in [-0.39, 0.29) is 38.2 Å². The number of primary amides is 2. The minimum Gasteiger partial charge on any atom is -0.481 e. The van der Waals surface area contributed by atoms with Gasteiger partial charge in [0.1, 0.15) is 18.1 Å². The van der Waals surface area contributed by atoms with E-state index < -0.39 is 78.5 Å². The van der Waals surface area contributed by atoms with Gasteiger partial charge in [0, 0.05) is 13.0 Å². The number of carboxylic acids is 2. The van der Waals surface area contributed by atoms with Crippen molar-refractivity contribution in [2.24, 2.45) is 33.7 Å². The van der Waals surface area contributed by atoms with Gasteiger partial charge in [-0.2, -0.15) is 0 Å². The summed E-state index contributed by atoms with van der Waals surface area (Å²) < 4.78 is 0. The molecule has 18 nitrogen and oxygen atoms in total. The average molecular weight is 532 g/mol. The van der Waals surface area contributed by atoms with Gasteiger partial charge in [0.25, 0.3) is 0 Å². The number of hydrogen-bond acceptors (Lipinski definition) is 9. The Morgan fingerprint density at radius 3 is 1.68 bits per heavy atom. The Hall–Kier alpha value is -4.48. The summed E-state index contributed by atoms with van der Waals surface area (Å²) in [4.78, 5) is 86.2. The van der Waals surface area contributed by atoms with Gasteiger partial charge in [-0.15, -0.1) is 0 Å². The Kier molecular flexibility index (Phi) is 14.3. The summed E-state index contributed by atoms with van der Waals surface area (Å²) in [6, 6.07) is -6.09. The van der Waals surface area contributed by atoms with Crippen LogP contribution in [0.1, 0.15) is 38.5 Å². The van der Waals surface area contributed by atoms with E-state index in [0.717, 1.165) is 0 Å². The molecule has 208 valence electrons. The second kappa shape index (κ2) is 16.2. The number of carbonyl (C=O) groups excluding carboxylic acids is 5. The number of nitrogens with two attached hydrogens (primary N) is 5. The number of aliphatic imine (C=N–C) groups is 1. The van der Waals surface area contributed by atoms with Gasteiger partial charge < -0.3 is 54.8 Å². The molecule has 18 heteroatoms. The third-order valence-electron chi connectivity index (χ3n) is 4.64. The molecule has 0 fully saturated rings. The van der Waals surface area contributed by atoms with E-state index in [1.165, 1.54) is 0 Å². The molecule has 4 unspecified atom stereocenters. The lowest BCUT2D eigenvalue weighted by Crippen LogP contribution is -2.57. The number of hydrogen-bond donors (Lipinski definition) is 10. The van der Waals surface area contributed by atoms with Crippen molar-refractivity contribution in [3.05, 3.63) is 0 Å². The summed E-state index contributed by atoms with van der Waals surface area (Å²) in [7, 11) is 0. The first-order valence-corrected chi connectivity index (χ1v) is 10.9. The zero-order valence-electron chi connectivity index (χ0n) is 19.8. The van der Waals surface area contributed by atoms with Crippen LogP contribution in [0.4, 0.5) is 0 Å². The first kappa shape index (κ1) is 32.5. The quantitative estimate of drug-likeness (QED) is 0.0449. The fourth-order valence-corrected chi connectivity index (χ4v) is 2.83. The normalized spacial score (nSPS) is 13.6. The molecule has 0 aliphatic carbocycles. The van der Waals surface area contributed by atoms with Crippen molar-refractivity contribution in [1.29, 1.82) is 0 Å². The van der Waals surface area contributed by atoms with Gasteiger partial charge in [-0.1, -0.05) is 0 Å². The number of rotatable bonds is 18. The monoisotopic (exact) mass is 531 g/mol. The minimum atomic E-state index is -1.69. The Labute approximate surface area is 210 Å². The summed E-state index contributed by atoms with van der Waals surface area (Å²) in [5.74, 6) is -8.00. The smallest absolute Gasteiger partial charge is 0.326 e. The van der Waals surface area contributed by atoms with Gasteiger partial charge in [0.05, 0.1) is 18.9 Å². The zero-order chi connectivity index (χ0) is 28.7. The van der Waals surface area contributed by atoms with E-state index in [2.05, 4.69) is 20.9 Å². The minimum absolute atomic E-state index is 0.0392. The lowest BCUT2D eigenvalue weighted by molar-refractivity contribution is -0.143. The van der Waals surface area contributed by atoms with E-state index in [9.17, 15) is 38.7 Å². The van der Waals surface area contributed by atoms with Gasteiger partial charge in [0.2, 0.25) is 29.5 Å². The number of nitrogens with zero attached hydrogens (tertiary/aromatic N) is 1. The van der Waals surface area contributed by atoms with Crippen molar-refractivity contribution in [2.75, 3.05) is 6.54 Å². The highest BCUT2D eigenvalue weighted by molar-refractivity contribution is 5.95. The van der Waals surface area contributed by atoms with Crippen LogP contribution in [0.5, 0.6) is 0 Å². The summed E-state index contributed by atoms with van der Waals surface area (Å²) in [6.07, 6.45) is -2.16. The molecule has 0 saturated carbocycles. The molecule has 0 bridgehead atoms. The molecule has 0 rings (SSSR count). The summed E-state index contributed by atoms with van der Waals surface area (Å²) >= 11 is 0. The number of guanidine groups is 1. The molecular formula is C19H33N9O9. The van der Waals surface area contributed by atoms with E-state index in [1.807, 2.05) is 0 Å². The summed E-state index contributed by atoms with van der Waals surface area (Å²) in [5.41, 5.74) is 26.1. The van der Waals surface area contributed by atoms with Crippen molar-refractivity contribution < 1.29 is 43.8 Å². The van der Waals surface area contributed by atoms with Crippen LogP contribution in [0.2, 0.25) is 0 Å². The summed E-state index contributed by atoms with van der Waals surface area (Å²) in [5, 5.41) is 24.6. The highest BCUT2D eigenvalue weighted by atomic mass is 16.4. The van der Waals surface area contributed by atoms with Crippen molar-refractivity contribution in [3.8, 4) is 0 Å². The van der Waals surface area contributed by atoms with Crippen LogP contribution in [0.25, 0.3) is 0 Å². The SMILES string of the molecule is NC(=O)CCC(NC(=O)C(N)CC(=O)O)C(=O)NC(CCCN=C(N)N)C(=O)NC(CC(N)=O)C(=O)O. The van der Waals surface area contributed by atoms with Gasteiger partial charge in [-0.05, 0) is 19.3 Å². The summed E-state index contributed by atoms with van der Waals surface area (Å²) in [6.45, 7) is 0.0392. The molecule has 0 heterocycles. The predicted molar refractivity (Wildman–Crippen MR) is 126 cm³/mol. The molecule has 0 aromatic carbocycles. The van der Waals surface area contributed by atoms with E-state index in [1.54, 1.807) is 0 Å². The molecule has 0 saturated heterocycles. The predicted octanol–water partition coefficient (Wildman–Crippen LogP) is -5.48. The van der Waals surface area contributed by atoms with Crippen LogP contribution in [0.15, 0.2) is 4.99 Å². The van der Waals surface area contributed by atoms with Crippen molar-refractivity contribution in [2.45, 2.75) is 62.7 Å². The zero-order valence-corrected chi connectivity index (χ0v) is 19.8. The molecule has 0 radical (unpaired) electrons. The van der Waals surface area contributed by atoms with E-state index in [4.69, 9.17) is 33.8 Å². The second-order valence-electron chi connectivity index (χ2n) is 7.85. The van der Waals surface area contributed by atoms with Crippen LogP contribution in [0.3, 0.4) is 0 Å². The second-order valence-corrected chi connectivity index (χ2v) is 7.85. The van der Waals surface area contributed by atoms with Crippen molar-refractivity contribution >= 4 is 47.4 Å². The molecule has 4 atom stereocenters. The largest absolute Gasteiger partial charge is 0.481 e. The van der Waals surface area contributed by atoms with Crippen LogP contribution < -0.4 is 44.6 Å². The molecule has 15 N–H and O–H groups in total. The molecule has 0 aliphatic rings. The fourth-order valence-electron chi connectivity index (χ4n) is 2.83. The Morgan fingerprint density at radius 2 is 1.22 bits per heavy atom. The van der Waals surface area contributed by atoms with Crippen LogP contribution in [-0.4, -0.2) is 88.4 Å². The van der Waals surface area contributed by atoms with Gasteiger partial charge in [-0.25, -0.2) is 4.79 Å². The maximum Gasteiger partial charge on any atom is 0.326 e. The maximum atomic E-state index is 12.9. The first-order chi connectivity index (χ1) is 17.1. The Bertz CT molecular complexity index is 905. The lowest BCUT2D eigenvalue weighted by Gasteiger charge is -2.25. The Morgan fingerprint density at radius 1 is 0.703 bits per heavy atom. The average Bonchev–Trinajstić information content (AvgIpc) is 2.76.